The normalized spacial score (nSPS) is 10.8. The number of carboxylic acid groups (broad SMARTS) is 1. The van der Waals surface area contributed by atoms with E-state index in [0.29, 0.717) is 13.0 Å². The van der Waals surface area contributed by atoms with E-state index in [1.165, 1.54) is 0 Å². The summed E-state index contributed by atoms with van der Waals surface area (Å²) in [5.41, 5.74) is 0. The molecule has 120 valence electrons. The first-order valence-electron chi connectivity index (χ1n) is 6.99. The Morgan fingerprint density at radius 3 is 1.95 bits per heavy atom. The summed E-state index contributed by atoms with van der Waals surface area (Å²) in [6.07, 6.45) is 5.13. The lowest BCUT2D eigenvalue weighted by atomic mass is 10.1. The van der Waals surface area contributed by atoms with Crippen LogP contribution in [0.4, 0.5) is 0 Å². The van der Waals surface area contributed by atoms with Crippen LogP contribution in [0, 0.1) is 0 Å². The van der Waals surface area contributed by atoms with Gasteiger partial charge in [0.05, 0.1) is 21.1 Å². The fourth-order valence-corrected chi connectivity index (χ4v) is 1.58. The Labute approximate surface area is 139 Å². The van der Waals surface area contributed by atoms with E-state index in [-0.39, 0.29) is 36.4 Å². The Morgan fingerprint density at radius 2 is 1.45 bits per heavy atom. The summed E-state index contributed by atoms with van der Waals surface area (Å²) in [6, 6.07) is 0. The number of likely N-dealkylation sites (N-methyl/N-ethyl adjacent to an activating group) is 1. The van der Waals surface area contributed by atoms with Crippen LogP contribution in [0.3, 0.4) is 0 Å². The molecule has 0 unspecified atom stereocenters. The van der Waals surface area contributed by atoms with Gasteiger partial charge >= 0.3 is 11.9 Å². The minimum atomic E-state index is -0.735. The lowest BCUT2D eigenvalue weighted by molar-refractivity contribution is -0.870. The fraction of sp³-hybridized carbons (Fsp3) is 0.857. The van der Waals surface area contributed by atoms with Gasteiger partial charge in [0.15, 0.2) is 0 Å². The highest BCUT2D eigenvalue weighted by atomic mass is 127. The highest BCUT2D eigenvalue weighted by Crippen LogP contribution is 2.07. The highest BCUT2D eigenvalue weighted by molar-refractivity contribution is 5.69. The Morgan fingerprint density at radius 1 is 0.950 bits per heavy atom. The van der Waals surface area contributed by atoms with E-state index in [1.54, 1.807) is 0 Å². The summed E-state index contributed by atoms with van der Waals surface area (Å²) in [7, 11) is 6.18. The zero-order chi connectivity index (χ0) is 14.7. The molecule has 5 nitrogen and oxygen atoms in total. The summed E-state index contributed by atoms with van der Waals surface area (Å²) in [6.45, 7) is 1.29. The molecule has 0 spiro atoms. The molecule has 6 heteroatoms. The molecule has 0 radical (unpaired) electrons. The number of carbonyl (C=O) groups excluding carboxylic acids is 1. The van der Waals surface area contributed by atoms with Crippen LogP contribution < -0.4 is 24.0 Å². The summed E-state index contributed by atoms with van der Waals surface area (Å²) in [5, 5.41) is 8.47. The number of unbranched alkanes of at least 4 members (excludes halogenated alkanes) is 4. The van der Waals surface area contributed by atoms with Gasteiger partial charge in [-0.05, 0) is 12.8 Å². The van der Waals surface area contributed by atoms with Crippen LogP contribution in [0.5, 0.6) is 0 Å². The standard InChI is InChI=1S/C14H27NO4.HI/c1-15(2,3)11-12-19-14(18)10-8-6-4-5-7-9-13(16)17;/h4-12H2,1-3H3;1H. The zero-order valence-corrected chi connectivity index (χ0v) is 15.0. The number of rotatable bonds is 11. The summed E-state index contributed by atoms with van der Waals surface area (Å²) >= 11 is 0. The third-order valence-electron chi connectivity index (χ3n) is 2.80. The van der Waals surface area contributed by atoms with Crippen LogP contribution in [-0.2, 0) is 14.3 Å². The highest BCUT2D eigenvalue weighted by Gasteiger charge is 2.09. The van der Waals surface area contributed by atoms with Crippen LogP contribution in [-0.4, -0.2) is 55.8 Å². The second kappa shape index (κ2) is 12.4. The molecule has 0 aliphatic carbocycles. The molecule has 0 aromatic rings. The molecule has 0 aromatic carbocycles. The second-order valence-electron chi connectivity index (χ2n) is 5.90. The Bertz CT molecular complexity index is 277. The lowest BCUT2D eigenvalue weighted by Crippen LogP contribution is -3.00. The van der Waals surface area contributed by atoms with Gasteiger partial charge in [0, 0.05) is 12.8 Å². The molecule has 0 aliphatic rings. The average Bonchev–Trinajstić information content (AvgIpc) is 2.25. The fourth-order valence-electron chi connectivity index (χ4n) is 1.58. The van der Waals surface area contributed by atoms with Crippen LogP contribution in [0.1, 0.15) is 44.9 Å². The van der Waals surface area contributed by atoms with Crippen molar-refractivity contribution in [2.75, 3.05) is 34.3 Å². The van der Waals surface area contributed by atoms with Crippen LogP contribution in [0.2, 0.25) is 0 Å². The number of carboxylic acids is 1. The Kier molecular flexibility index (Phi) is 13.6. The number of aliphatic carboxylic acids is 1. The van der Waals surface area contributed by atoms with Gasteiger partial charge in [0.2, 0.25) is 0 Å². The molecule has 0 bridgehead atoms. The molecule has 0 rings (SSSR count). The van der Waals surface area contributed by atoms with Crippen molar-refractivity contribution in [1.29, 1.82) is 0 Å². The SMILES string of the molecule is C[N+](C)(C)CCOC(=O)CCCCCCCC(=O)O.[I-]. The first-order valence-corrected chi connectivity index (χ1v) is 6.99. The number of hydrogen-bond donors (Lipinski definition) is 1. The number of esters is 1. The zero-order valence-electron chi connectivity index (χ0n) is 12.9. The van der Waals surface area contributed by atoms with Crippen molar-refractivity contribution in [1.82, 2.24) is 0 Å². The molecule has 0 saturated carbocycles. The van der Waals surface area contributed by atoms with Crippen molar-refractivity contribution in [3.05, 3.63) is 0 Å². The molecule has 0 saturated heterocycles. The quantitative estimate of drug-likeness (QED) is 0.210. The Balaban J connectivity index is 0. The van der Waals surface area contributed by atoms with Crippen molar-refractivity contribution in [3.63, 3.8) is 0 Å². The van der Waals surface area contributed by atoms with Gasteiger partial charge in [-0.3, -0.25) is 9.59 Å². The molecular weight excluding hydrogens is 373 g/mol. The van der Waals surface area contributed by atoms with E-state index < -0.39 is 5.97 Å². The molecule has 0 amide bonds. The van der Waals surface area contributed by atoms with Crippen molar-refractivity contribution in [2.45, 2.75) is 44.9 Å². The van der Waals surface area contributed by atoms with E-state index in [4.69, 9.17) is 9.84 Å². The molecular formula is C14H28INO4. The number of nitrogens with zero attached hydrogens (tertiary/aromatic N) is 1. The summed E-state index contributed by atoms with van der Waals surface area (Å²) in [5.74, 6) is -0.861. The molecule has 0 atom stereocenters. The molecule has 1 N–H and O–H groups in total. The molecule has 0 aromatic heterocycles. The predicted molar refractivity (Wildman–Crippen MR) is 73.8 cm³/mol. The van der Waals surface area contributed by atoms with E-state index in [0.717, 1.165) is 43.1 Å². The van der Waals surface area contributed by atoms with Gasteiger partial charge in [-0.1, -0.05) is 19.3 Å². The molecule has 0 fully saturated rings. The van der Waals surface area contributed by atoms with E-state index in [9.17, 15) is 9.59 Å². The maximum absolute atomic E-state index is 11.4. The Hall–Kier alpha value is -0.370. The first-order chi connectivity index (χ1) is 8.81. The number of quaternary nitrogens is 1. The van der Waals surface area contributed by atoms with E-state index in [2.05, 4.69) is 21.1 Å². The first kappa shape index (κ1) is 21.9. The lowest BCUT2D eigenvalue weighted by Gasteiger charge is -2.23. The number of ether oxygens (including phenoxy) is 1. The van der Waals surface area contributed by atoms with Gasteiger partial charge in [-0.15, -0.1) is 0 Å². The van der Waals surface area contributed by atoms with Crippen molar-refractivity contribution < 1.29 is 47.9 Å². The van der Waals surface area contributed by atoms with Crippen molar-refractivity contribution in [3.8, 4) is 0 Å². The van der Waals surface area contributed by atoms with E-state index >= 15 is 0 Å². The molecule has 0 heterocycles. The summed E-state index contributed by atoms with van der Waals surface area (Å²) < 4.78 is 5.93. The third kappa shape index (κ3) is 17.6. The van der Waals surface area contributed by atoms with Crippen LogP contribution >= 0.6 is 0 Å². The van der Waals surface area contributed by atoms with Gasteiger partial charge in [0.1, 0.15) is 13.2 Å². The number of halogens is 1. The van der Waals surface area contributed by atoms with E-state index in [1.807, 2.05) is 0 Å². The topological polar surface area (TPSA) is 63.6 Å². The monoisotopic (exact) mass is 401 g/mol. The van der Waals surface area contributed by atoms with Gasteiger partial charge < -0.3 is 38.3 Å². The second-order valence-corrected chi connectivity index (χ2v) is 5.90. The predicted octanol–water partition coefficient (Wildman–Crippen LogP) is -0.945. The maximum Gasteiger partial charge on any atom is 0.305 e. The average molecular weight is 401 g/mol. The minimum Gasteiger partial charge on any atom is -1.00 e. The van der Waals surface area contributed by atoms with Crippen LogP contribution in [0.15, 0.2) is 0 Å². The van der Waals surface area contributed by atoms with Crippen molar-refractivity contribution >= 4 is 11.9 Å². The number of hydrogen-bond acceptors (Lipinski definition) is 3. The van der Waals surface area contributed by atoms with Gasteiger partial charge in [0.25, 0.3) is 0 Å². The van der Waals surface area contributed by atoms with Gasteiger partial charge in [-0.25, -0.2) is 0 Å². The van der Waals surface area contributed by atoms with Crippen LogP contribution in [0.25, 0.3) is 0 Å². The number of carbonyl (C=O) groups is 2. The maximum atomic E-state index is 11.4. The smallest absolute Gasteiger partial charge is 0.305 e. The van der Waals surface area contributed by atoms with Crippen molar-refractivity contribution in [2.24, 2.45) is 0 Å². The minimum absolute atomic E-state index is 0. The molecule has 0 aliphatic heterocycles. The third-order valence-corrected chi connectivity index (χ3v) is 2.80. The van der Waals surface area contributed by atoms with Gasteiger partial charge in [-0.2, -0.15) is 0 Å². The summed E-state index contributed by atoms with van der Waals surface area (Å²) in [4.78, 5) is 21.7. The largest absolute Gasteiger partial charge is 1.00 e. The molecule has 20 heavy (non-hydrogen) atoms.